The lowest BCUT2D eigenvalue weighted by Crippen LogP contribution is -2.24. The first kappa shape index (κ1) is 14.3. The molecule has 15 heavy (non-hydrogen) atoms. The topological polar surface area (TPSA) is 121 Å². The Bertz CT molecular complexity index is 340. The van der Waals surface area contributed by atoms with Gasteiger partial charge in [-0.05, 0) is 0 Å². The van der Waals surface area contributed by atoms with Crippen LogP contribution in [0.15, 0.2) is 0 Å². The average Bonchev–Trinajstić information content (AvgIpc) is 2.27. The summed E-state index contributed by atoms with van der Waals surface area (Å²) in [5, 5.41) is 10.5. The standard InChI is InChI=1S/C4H5NO3.C2H5ClO3S/c6-2-1-3(7)5-4(2)8;3-1-2-7(4,5)6/h2,6H,1H2,(H,5,7,8);1-2H2,(H,4,5,6). The van der Waals surface area contributed by atoms with E-state index in [0.717, 1.165) is 0 Å². The van der Waals surface area contributed by atoms with Gasteiger partial charge in [-0.1, -0.05) is 0 Å². The highest BCUT2D eigenvalue weighted by molar-refractivity contribution is 7.85. The summed E-state index contributed by atoms with van der Waals surface area (Å²) >= 11 is 4.95. The SMILES string of the molecule is O=C1CC(O)C(=O)N1.O=S(=O)(O)CCCl. The summed E-state index contributed by atoms with van der Waals surface area (Å²) in [6, 6.07) is 0. The molecular formula is C6H10ClNO6S. The molecule has 3 N–H and O–H groups in total. The third-order valence-corrected chi connectivity index (χ3v) is 2.41. The van der Waals surface area contributed by atoms with Crippen LogP contribution in [0.3, 0.4) is 0 Å². The van der Waals surface area contributed by atoms with E-state index in [-0.39, 0.29) is 18.1 Å². The number of carbonyl (C=O) groups excluding carboxylic acids is 2. The second kappa shape index (κ2) is 6.01. The second-order valence-electron chi connectivity index (χ2n) is 2.61. The largest absolute Gasteiger partial charge is 0.383 e. The Labute approximate surface area is 91.2 Å². The molecule has 88 valence electrons. The van der Waals surface area contributed by atoms with Crippen molar-refractivity contribution in [2.75, 3.05) is 11.6 Å². The summed E-state index contributed by atoms with van der Waals surface area (Å²) in [7, 11) is -3.81. The number of halogens is 1. The van der Waals surface area contributed by atoms with Crippen LogP contribution in [-0.2, 0) is 19.7 Å². The maximum Gasteiger partial charge on any atom is 0.266 e. The zero-order valence-electron chi connectivity index (χ0n) is 7.51. The Hall–Kier alpha value is -0.700. The highest BCUT2D eigenvalue weighted by atomic mass is 35.5. The summed E-state index contributed by atoms with van der Waals surface area (Å²) in [5.41, 5.74) is 0. The zero-order chi connectivity index (χ0) is 12.1. The van der Waals surface area contributed by atoms with Gasteiger partial charge in [0.1, 0.15) is 6.10 Å². The molecule has 0 aromatic carbocycles. The van der Waals surface area contributed by atoms with Crippen LogP contribution in [0.4, 0.5) is 0 Å². The molecule has 7 nitrogen and oxygen atoms in total. The monoisotopic (exact) mass is 259 g/mol. The van der Waals surface area contributed by atoms with Crippen molar-refractivity contribution in [2.45, 2.75) is 12.5 Å². The number of alkyl halides is 1. The average molecular weight is 260 g/mol. The molecule has 0 aromatic rings. The summed E-state index contributed by atoms with van der Waals surface area (Å²) in [6.07, 6.45) is -1.19. The van der Waals surface area contributed by atoms with Crippen molar-refractivity contribution in [3.8, 4) is 0 Å². The molecule has 0 aliphatic carbocycles. The smallest absolute Gasteiger partial charge is 0.266 e. The molecule has 1 heterocycles. The molecule has 2 amide bonds. The predicted molar refractivity (Wildman–Crippen MR) is 50.9 cm³/mol. The normalized spacial score (nSPS) is 20.6. The Morgan fingerprint density at radius 1 is 1.47 bits per heavy atom. The van der Waals surface area contributed by atoms with Crippen LogP contribution in [0.5, 0.6) is 0 Å². The fourth-order valence-corrected chi connectivity index (χ4v) is 1.42. The number of rotatable bonds is 2. The lowest BCUT2D eigenvalue weighted by molar-refractivity contribution is -0.127. The van der Waals surface area contributed by atoms with Gasteiger partial charge in [0.25, 0.3) is 16.0 Å². The molecule has 0 spiro atoms. The lowest BCUT2D eigenvalue weighted by atomic mass is 10.3. The van der Waals surface area contributed by atoms with E-state index in [4.69, 9.17) is 21.3 Å². The van der Waals surface area contributed by atoms with E-state index in [0.29, 0.717) is 0 Å². The summed E-state index contributed by atoms with van der Waals surface area (Å²) < 4.78 is 27.3. The molecule has 1 aliphatic heterocycles. The molecular weight excluding hydrogens is 250 g/mol. The van der Waals surface area contributed by atoms with Crippen LogP contribution in [0, 0.1) is 0 Å². The minimum atomic E-state index is -3.81. The van der Waals surface area contributed by atoms with Crippen LogP contribution in [0.2, 0.25) is 0 Å². The Morgan fingerprint density at radius 2 is 2.00 bits per heavy atom. The van der Waals surface area contributed by atoms with Gasteiger partial charge in [-0.25, -0.2) is 0 Å². The quantitative estimate of drug-likeness (QED) is 0.315. The highest BCUT2D eigenvalue weighted by Gasteiger charge is 2.27. The van der Waals surface area contributed by atoms with Gasteiger partial charge in [0.15, 0.2) is 0 Å². The van der Waals surface area contributed by atoms with Crippen molar-refractivity contribution in [3.05, 3.63) is 0 Å². The third kappa shape index (κ3) is 7.25. The first-order chi connectivity index (χ1) is 6.76. The molecule has 1 atom stereocenters. The molecule has 1 aliphatic rings. The fourth-order valence-electron chi connectivity index (χ4n) is 0.638. The van der Waals surface area contributed by atoms with Crippen molar-refractivity contribution in [1.29, 1.82) is 0 Å². The molecule has 1 rings (SSSR count). The van der Waals surface area contributed by atoms with Crippen LogP contribution in [0.1, 0.15) is 6.42 Å². The van der Waals surface area contributed by atoms with Crippen molar-refractivity contribution < 1.29 is 27.7 Å². The minimum Gasteiger partial charge on any atom is -0.383 e. The number of amides is 2. The van der Waals surface area contributed by atoms with Crippen molar-refractivity contribution in [3.63, 3.8) is 0 Å². The number of imide groups is 1. The van der Waals surface area contributed by atoms with E-state index < -0.39 is 28.0 Å². The summed E-state index contributed by atoms with van der Waals surface area (Å²) in [5.74, 6) is -1.41. The Morgan fingerprint density at radius 3 is 2.07 bits per heavy atom. The molecule has 1 saturated heterocycles. The van der Waals surface area contributed by atoms with Crippen molar-refractivity contribution in [2.24, 2.45) is 0 Å². The summed E-state index contributed by atoms with van der Waals surface area (Å²) in [4.78, 5) is 20.4. The van der Waals surface area contributed by atoms with Gasteiger partial charge in [0, 0.05) is 5.88 Å². The maximum absolute atomic E-state index is 10.2. The van der Waals surface area contributed by atoms with Gasteiger partial charge in [-0.3, -0.25) is 19.5 Å². The van der Waals surface area contributed by atoms with Crippen LogP contribution in [-0.4, -0.2) is 47.6 Å². The van der Waals surface area contributed by atoms with E-state index >= 15 is 0 Å². The van der Waals surface area contributed by atoms with E-state index in [1.54, 1.807) is 0 Å². The van der Waals surface area contributed by atoms with Crippen LogP contribution < -0.4 is 5.32 Å². The molecule has 1 fully saturated rings. The van der Waals surface area contributed by atoms with Crippen LogP contribution in [0.25, 0.3) is 0 Å². The van der Waals surface area contributed by atoms with E-state index in [9.17, 15) is 18.0 Å². The maximum atomic E-state index is 10.2. The zero-order valence-corrected chi connectivity index (χ0v) is 9.08. The number of nitrogens with one attached hydrogen (secondary N) is 1. The number of hydrogen-bond acceptors (Lipinski definition) is 5. The number of hydrogen-bond donors (Lipinski definition) is 3. The molecule has 1 unspecified atom stereocenters. The molecule has 0 bridgehead atoms. The van der Waals surface area contributed by atoms with Crippen LogP contribution >= 0.6 is 11.6 Å². The third-order valence-electron chi connectivity index (χ3n) is 1.28. The summed E-state index contributed by atoms with van der Waals surface area (Å²) in [6.45, 7) is 0. The Kier molecular flexibility index (Phi) is 5.73. The van der Waals surface area contributed by atoms with Gasteiger partial charge in [-0.15, -0.1) is 11.6 Å². The molecule has 0 saturated carbocycles. The van der Waals surface area contributed by atoms with Crippen molar-refractivity contribution in [1.82, 2.24) is 5.32 Å². The van der Waals surface area contributed by atoms with Gasteiger partial charge in [0.2, 0.25) is 5.91 Å². The second-order valence-corrected chi connectivity index (χ2v) is 4.56. The van der Waals surface area contributed by atoms with Gasteiger partial charge in [0.05, 0.1) is 12.2 Å². The number of aliphatic hydroxyl groups excluding tert-OH is 1. The number of carbonyl (C=O) groups is 2. The minimum absolute atomic E-state index is 0.0567. The van der Waals surface area contributed by atoms with Crippen molar-refractivity contribution >= 4 is 33.5 Å². The van der Waals surface area contributed by atoms with E-state index in [1.807, 2.05) is 5.32 Å². The predicted octanol–water partition coefficient (Wildman–Crippen LogP) is -1.49. The highest BCUT2D eigenvalue weighted by Crippen LogP contribution is 1.98. The molecule has 9 heteroatoms. The van der Waals surface area contributed by atoms with E-state index in [2.05, 4.69) is 0 Å². The fraction of sp³-hybridized carbons (Fsp3) is 0.667. The van der Waals surface area contributed by atoms with Gasteiger partial charge in [-0.2, -0.15) is 8.42 Å². The van der Waals surface area contributed by atoms with Gasteiger partial charge >= 0.3 is 0 Å². The number of aliphatic hydroxyl groups is 1. The van der Waals surface area contributed by atoms with E-state index in [1.165, 1.54) is 0 Å². The Balaban J connectivity index is 0.000000265. The first-order valence-electron chi connectivity index (χ1n) is 3.79. The van der Waals surface area contributed by atoms with Gasteiger partial charge < -0.3 is 5.11 Å². The molecule has 0 aromatic heterocycles. The first-order valence-corrected chi connectivity index (χ1v) is 5.93. The lowest BCUT2D eigenvalue weighted by Gasteiger charge is -1.88. The molecule has 0 radical (unpaired) electrons.